The van der Waals surface area contributed by atoms with E-state index in [1.807, 2.05) is 14.0 Å². The highest BCUT2D eigenvalue weighted by Gasteiger charge is 2.24. The van der Waals surface area contributed by atoms with Crippen LogP contribution in [-0.2, 0) is 13.6 Å². The van der Waals surface area contributed by atoms with Gasteiger partial charge in [0.15, 0.2) is 0 Å². The van der Waals surface area contributed by atoms with Gasteiger partial charge in [0.05, 0.1) is 21.0 Å². The summed E-state index contributed by atoms with van der Waals surface area (Å²) >= 11 is 13.6. The van der Waals surface area contributed by atoms with Crippen molar-refractivity contribution in [3.63, 3.8) is 0 Å². The average Bonchev–Trinajstić information content (AvgIpc) is 3.40. The van der Waals surface area contributed by atoms with Gasteiger partial charge >= 0.3 is 0 Å². The minimum Gasteiger partial charge on any atom is -0.349 e. The Morgan fingerprint density at radius 2 is 2.00 bits per heavy atom. The van der Waals surface area contributed by atoms with E-state index in [2.05, 4.69) is 30.6 Å². The largest absolute Gasteiger partial charge is 0.349 e. The summed E-state index contributed by atoms with van der Waals surface area (Å²) < 4.78 is 15.2. The molecule has 0 spiro atoms. The predicted molar refractivity (Wildman–Crippen MR) is 141 cm³/mol. The SMILES string of the molecule is Cc1nn(C)c(Cl)c1CN1CCC(NC(=O)c2cc3c(Nc4ccc(F)c(Cl)c4)ncnc3s2)CC1. The fraction of sp³-hybridized carbons (Fsp3) is 0.333. The maximum Gasteiger partial charge on any atom is 0.261 e. The number of hydrogen-bond donors (Lipinski definition) is 2. The lowest BCUT2D eigenvalue weighted by Crippen LogP contribution is -2.44. The molecule has 0 bridgehead atoms. The van der Waals surface area contributed by atoms with Gasteiger partial charge in [0, 0.05) is 44.0 Å². The number of likely N-dealkylation sites (tertiary alicyclic amines) is 1. The van der Waals surface area contributed by atoms with Crippen molar-refractivity contribution in [2.24, 2.45) is 7.05 Å². The van der Waals surface area contributed by atoms with Gasteiger partial charge in [0.25, 0.3) is 5.91 Å². The molecule has 36 heavy (non-hydrogen) atoms. The van der Waals surface area contributed by atoms with E-state index < -0.39 is 5.82 Å². The number of aryl methyl sites for hydroxylation is 2. The fourth-order valence-corrected chi connectivity index (χ4v) is 5.66. The molecule has 1 aromatic carbocycles. The third-order valence-electron chi connectivity index (χ3n) is 6.31. The third-order valence-corrected chi connectivity index (χ3v) is 8.11. The quantitative estimate of drug-likeness (QED) is 0.339. The average molecular weight is 548 g/mol. The molecule has 0 radical (unpaired) electrons. The molecule has 5 rings (SSSR count). The highest BCUT2D eigenvalue weighted by Crippen LogP contribution is 2.31. The number of piperidine rings is 1. The number of anilines is 2. The predicted octanol–water partition coefficient (Wildman–Crippen LogP) is 5.32. The van der Waals surface area contributed by atoms with Gasteiger partial charge in [-0.25, -0.2) is 14.4 Å². The highest BCUT2D eigenvalue weighted by molar-refractivity contribution is 7.20. The molecule has 188 valence electrons. The number of nitrogens with zero attached hydrogens (tertiary/aromatic N) is 5. The number of rotatable bonds is 6. The van der Waals surface area contributed by atoms with Crippen LogP contribution in [-0.4, -0.2) is 49.7 Å². The van der Waals surface area contributed by atoms with E-state index in [1.165, 1.54) is 29.8 Å². The molecule has 12 heteroatoms. The molecule has 4 heterocycles. The van der Waals surface area contributed by atoms with Crippen LogP contribution in [0.2, 0.25) is 10.2 Å². The second-order valence-corrected chi connectivity index (χ2v) is 10.6. The lowest BCUT2D eigenvalue weighted by Gasteiger charge is -2.32. The molecule has 3 aromatic heterocycles. The van der Waals surface area contributed by atoms with Crippen molar-refractivity contribution in [2.75, 3.05) is 18.4 Å². The third kappa shape index (κ3) is 5.17. The van der Waals surface area contributed by atoms with Crippen molar-refractivity contribution >= 4 is 62.2 Å². The molecule has 1 amide bonds. The number of benzene rings is 1. The van der Waals surface area contributed by atoms with Crippen LogP contribution < -0.4 is 10.6 Å². The van der Waals surface area contributed by atoms with Gasteiger partial charge in [-0.1, -0.05) is 23.2 Å². The zero-order valence-electron chi connectivity index (χ0n) is 19.7. The maximum atomic E-state index is 13.5. The number of amides is 1. The molecule has 1 aliphatic heterocycles. The standard InChI is InChI=1S/C24H24Cl2FN7OS/c1-13-17(21(26)33(2)32-13)11-34-7-5-14(6-8-34)31-23(35)20-10-16-22(28-12-29-24(16)36-20)30-15-3-4-19(27)18(25)9-15/h3-4,9-10,12,14H,5-8,11H2,1-2H3,(H,31,35)(H,28,29,30). The van der Waals surface area contributed by atoms with Crippen molar-refractivity contribution in [2.45, 2.75) is 32.4 Å². The number of carbonyl (C=O) groups excluding carboxylic acids is 1. The Bertz CT molecular complexity index is 1430. The van der Waals surface area contributed by atoms with E-state index in [9.17, 15) is 9.18 Å². The summed E-state index contributed by atoms with van der Waals surface area (Å²) in [4.78, 5) is 25.2. The Balaban J connectivity index is 1.22. The summed E-state index contributed by atoms with van der Waals surface area (Å²) in [5.41, 5.74) is 2.59. The summed E-state index contributed by atoms with van der Waals surface area (Å²) in [6.45, 7) is 4.45. The van der Waals surface area contributed by atoms with Crippen LogP contribution in [0.3, 0.4) is 0 Å². The van der Waals surface area contributed by atoms with E-state index in [-0.39, 0.29) is 17.0 Å². The molecule has 0 aliphatic carbocycles. The van der Waals surface area contributed by atoms with Crippen molar-refractivity contribution in [3.8, 4) is 0 Å². The van der Waals surface area contributed by atoms with Crippen LogP contribution in [0.1, 0.15) is 33.8 Å². The van der Waals surface area contributed by atoms with Crippen LogP contribution in [0.15, 0.2) is 30.6 Å². The smallest absolute Gasteiger partial charge is 0.261 e. The van der Waals surface area contributed by atoms with Crippen LogP contribution in [0.4, 0.5) is 15.9 Å². The zero-order valence-corrected chi connectivity index (χ0v) is 22.0. The van der Waals surface area contributed by atoms with Gasteiger partial charge in [0.2, 0.25) is 0 Å². The lowest BCUT2D eigenvalue weighted by molar-refractivity contribution is 0.0913. The molecular weight excluding hydrogens is 524 g/mol. The van der Waals surface area contributed by atoms with Gasteiger partial charge in [-0.15, -0.1) is 11.3 Å². The first-order valence-corrected chi connectivity index (χ1v) is 13.0. The molecule has 1 saturated heterocycles. The number of hydrogen-bond acceptors (Lipinski definition) is 7. The van der Waals surface area contributed by atoms with Crippen molar-refractivity contribution in [1.82, 2.24) is 30.0 Å². The van der Waals surface area contributed by atoms with E-state index in [4.69, 9.17) is 23.2 Å². The molecule has 8 nitrogen and oxygen atoms in total. The van der Waals surface area contributed by atoms with E-state index in [1.54, 1.807) is 16.8 Å². The molecule has 0 unspecified atom stereocenters. The van der Waals surface area contributed by atoms with Crippen molar-refractivity contribution < 1.29 is 9.18 Å². The number of halogens is 3. The summed E-state index contributed by atoms with van der Waals surface area (Å²) in [7, 11) is 1.84. The van der Waals surface area contributed by atoms with E-state index in [0.29, 0.717) is 31.8 Å². The number of fused-ring (bicyclic) bond motifs is 1. The summed E-state index contributed by atoms with van der Waals surface area (Å²) in [6.07, 6.45) is 3.14. The molecule has 0 atom stereocenters. The van der Waals surface area contributed by atoms with Crippen molar-refractivity contribution in [3.05, 3.63) is 62.7 Å². The molecular formula is C24H24Cl2FN7OS. The minimum atomic E-state index is -0.494. The number of aromatic nitrogens is 4. The Morgan fingerprint density at radius 1 is 1.22 bits per heavy atom. The molecule has 4 aromatic rings. The Hall–Kier alpha value is -2.79. The molecule has 2 N–H and O–H groups in total. The molecule has 1 fully saturated rings. The number of thiophene rings is 1. The normalized spacial score (nSPS) is 14.9. The summed E-state index contributed by atoms with van der Waals surface area (Å²) in [6, 6.07) is 6.22. The van der Waals surface area contributed by atoms with Crippen LogP contribution in [0.5, 0.6) is 0 Å². The monoisotopic (exact) mass is 547 g/mol. The maximum absolute atomic E-state index is 13.5. The topological polar surface area (TPSA) is 88.0 Å². The number of carbonyl (C=O) groups is 1. The van der Waals surface area contributed by atoms with Gasteiger partial charge < -0.3 is 10.6 Å². The molecule has 1 aliphatic rings. The van der Waals surface area contributed by atoms with Gasteiger partial charge in [-0.3, -0.25) is 14.4 Å². The zero-order chi connectivity index (χ0) is 25.4. The first-order chi connectivity index (χ1) is 17.3. The highest BCUT2D eigenvalue weighted by atomic mass is 35.5. The van der Waals surface area contributed by atoms with Gasteiger partial charge in [-0.2, -0.15) is 5.10 Å². The van der Waals surface area contributed by atoms with Crippen LogP contribution in [0.25, 0.3) is 10.2 Å². The Morgan fingerprint density at radius 3 is 2.69 bits per heavy atom. The van der Waals surface area contributed by atoms with Gasteiger partial charge in [-0.05, 0) is 44.0 Å². The van der Waals surface area contributed by atoms with Gasteiger partial charge in [0.1, 0.15) is 27.9 Å². The second-order valence-electron chi connectivity index (χ2n) is 8.81. The summed E-state index contributed by atoms with van der Waals surface area (Å²) in [5, 5.41) is 12.1. The van der Waals surface area contributed by atoms with E-state index >= 15 is 0 Å². The second kappa shape index (κ2) is 10.3. The van der Waals surface area contributed by atoms with Crippen molar-refractivity contribution in [1.29, 1.82) is 0 Å². The first kappa shape index (κ1) is 24.9. The Labute approximate surface area is 221 Å². The van der Waals surface area contributed by atoms with Crippen LogP contribution >= 0.6 is 34.5 Å². The minimum absolute atomic E-state index is 0.0143. The fourth-order valence-electron chi connectivity index (χ4n) is 4.35. The summed E-state index contributed by atoms with van der Waals surface area (Å²) in [5.74, 6) is -0.0969. The Kier molecular flexibility index (Phi) is 7.11. The van der Waals surface area contributed by atoms with E-state index in [0.717, 1.165) is 43.7 Å². The first-order valence-electron chi connectivity index (χ1n) is 11.5. The van der Waals surface area contributed by atoms with Crippen LogP contribution in [0, 0.1) is 12.7 Å². The molecule has 0 saturated carbocycles. The number of nitrogens with one attached hydrogen (secondary N) is 2. The lowest BCUT2D eigenvalue weighted by atomic mass is 10.0.